The van der Waals surface area contributed by atoms with Crippen LogP contribution in [-0.4, -0.2) is 47.8 Å². The summed E-state index contributed by atoms with van der Waals surface area (Å²) in [5.41, 5.74) is 7.85. The maximum Gasteiger partial charge on any atom is 0.251 e. The van der Waals surface area contributed by atoms with E-state index in [4.69, 9.17) is 5.73 Å². The molecule has 1 aliphatic heterocycles. The van der Waals surface area contributed by atoms with E-state index >= 15 is 0 Å². The number of pyridine rings is 1. The molecule has 0 bridgehead atoms. The molecule has 3 unspecified atom stereocenters. The van der Waals surface area contributed by atoms with Crippen LogP contribution in [0.15, 0.2) is 36.5 Å². The molecule has 3 aliphatic carbocycles. The number of ketones is 1. The van der Waals surface area contributed by atoms with Gasteiger partial charge in [-0.3, -0.25) is 14.4 Å². The molecule has 194 valence electrons. The van der Waals surface area contributed by atoms with Crippen molar-refractivity contribution in [3.8, 4) is 0 Å². The van der Waals surface area contributed by atoms with Gasteiger partial charge in [0.15, 0.2) is 5.78 Å². The number of carbonyl (C=O) groups excluding carboxylic acids is 3. The second-order valence-electron chi connectivity index (χ2n) is 11.3. The smallest absolute Gasteiger partial charge is 0.251 e. The van der Waals surface area contributed by atoms with Crippen LogP contribution < -0.4 is 21.3 Å². The Hall–Kier alpha value is -3.42. The van der Waals surface area contributed by atoms with Gasteiger partial charge in [-0.25, -0.2) is 4.98 Å². The minimum Gasteiger partial charge on any atom is -0.384 e. The van der Waals surface area contributed by atoms with Crippen LogP contribution in [0, 0.1) is 17.8 Å². The van der Waals surface area contributed by atoms with E-state index in [0.29, 0.717) is 40.3 Å². The highest BCUT2D eigenvalue weighted by atomic mass is 16.2. The number of nitrogens with two attached hydrogens (primary N) is 1. The first-order valence-electron chi connectivity index (χ1n) is 13.7. The summed E-state index contributed by atoms with van der Waals surface area (Å²) >= 11 is 0. The van der Waals surface area contributed by atoms with Crippen molar-refractivity contribution in [1.29, 1.82) is 0 Å². The summed E-state index contributed by atoms with van der Waals surface area (Å²) in [6.45, 7) is 1.73. The van der Waals surface area contributed by atoms with Crippen molar-refractivity contribution in [1.82, 2.24) is 10.3 Å². The Morgan fingerprint density at radius 2 is 1.81 bits per heavy atom. The maximum atomic E-state index is 13.2. The topological polar surface area (TPSA) is 117 Å². The number of fused-ring (bicyclic) bond motifs is 1. The molecule has 2 aromatic rings. The van der Waals surface area contributed by atoms with Crippen LogP contribution in [0.4, 0.5) is 11.5 Å². The second kappa shape index (κ2) is 9.80. The number of hydrogen-bond donors (Lipinski definition) is 3. The molecule has 2 heterocycles. The molecule has 2 amide bonds. The van der Waals surface area contributed by atoms with Crippen molar-refractivity contribution in [2.45, 2.75) is 63.5 Å². The fourth-order valence-electron chi connectivity index (χ4n) is 6.06. The second-order valence-corrected chi connectivity index (χ2v) is 11.3. The number of piperidine rings is 1. The van der Waals surface area contributed by atoms with Crippen LogP contribution in [0.25, 0.3) is 0 Å². The van der Waals surface area contributed by atoms with Gasteiger partial charge in [0.05, 0.1) is 5.56 Å². The summed E-state index contributed by atoms with van der Waals surface area (Å²) in [7, 11) is 0. The lowest BCUT2D eigenvalue weighted by Crippen LogP contribution is -2.43. The van der Waals surface area contributed by atoms with E-state index in [1.807, 2.05) is 12.1 Å². The first kappa shape index (κ1) is 23.9. The van der Waals surface area contributed by atoms with Gasteiger partial charge in [0.2, 0.25) is 0 Å². The van der Waals surface area contributed by atoms with Crippen molar-refractivity contribution in [2.24, 2.45) is 23.5 Å². The minimum absolute atomic E-state index is 0.0810. The Kier molecular flexibility index (Phi) is 6.34. The number of amides is 2. The maximum absolute atomic E-state index is 13.2. The third kappa shape index (κ3) is 5.20. The normalized spacial score (nSPS) is 24.9. The van der Waals surface area contributed by atoms with Crippen LogP contribution in [0.5, 0.6) is 0 Å². The molecule has 1 saturated heterocycles. The summed E-state index contributed by atoms with van der Waals surface area (Å²) in [6.07, 6.45) is 10.2. The predicted octanol–water partition coefficient (Wildman–Crippen LogP) is 3.77. The van der Waals surface area contributed by atoms with E-state index in [1.165, 1.54) is 12.8 Å². The van der Waals surface area contributed by atoms with Crippen molar-refractivity contribution < 1.29 is 14.4 Å². The van der Waals surface area contributed by atoms with Crippen LogP contribution in [0.2, 0.25) is 0 Å². The van der Waals surface area contributed by atoms with Crippen molar-refractivity contribution in [2.75, 3.05) is 23.3 Å². The van der Waals surface area contributed by atoms with Gasteiger partial charge in [-0.05, 0) is 93.5 Å². The number of nitrogens with one attached hydrogen (secondary N) is 2. The van der Waals surface area contributed by atoms with Crippen molar-refractivity contribution >= 4 is 29.1 Å². The quantitative estimate of drug-likeness (QED) is 0.450. The number of Topliss-reactive ketones (excluding diaryl/α,β-unsaturated/α-hetero) is 1. The monoisotopic (exact) mass is 501 g/mol. The molecule has 4 fully saturated rings. The molecule has 4 N–H and O–H groups in total. The van der Waals surface area contributed by atoms with Crippen LogP contribution >= 0.6 is 0 Å². The number of anilines is 2. The van der Waals surface area contributed by atoms with Crippen LogP contribution in [-0.2, 0) is 0 Å². The van der Waals surface area contributed by atoms with Gasteiger partial charge in [-0.2, -0.15) is 0 Å². The van der Waals surface area contributed by atoms with Gasteiger partial charge in [0, 0.05) is 54.1 Å². The molecule has 8 nitrogen and oxygen atoms in total. The Labute approximate surface area is 217 Å². The molecule has 1 aromatic carbocycles. The number of nitrogens with zero attached hydrogens (tertiary/aromatic N) is 2. The lowest BCUT2D eigenvalue weighted by molar-refractivity contribution is 0.0933. The van der Waals surface area contributed by atoms with E-state index in [0.717, 1.165) is 57.4 Å². The Morgan fingerprint density at radius 1 is 1.00 bits per heavy atom. The Bertz CT molecular complexity index is 1200. The van der Waals surface area contributed by atoms with Gasteiger partial charge >= 0.3 is 0 Å². The first-order valence-corrected chi connectivity index (χ1v) is 13.7. The molecular weight excluding hydrogens is 466 g/mol. The van der Waals surface area contributed by atoms with E-state index in [-0.39, 0.29) is 23.7 Å². The fourth-order valence-corrected chi connectivity index (χ4v) is 6.06. The predicted molar refractivity (Wildman–Crippen MR) is 142 cm³/mol. The van der Waals surface area contributed by atoms with Gasteiger partial charge in [0.25, 0.3) is 11.8 Å². The standard InChI is InChI=1S/C29H35N5O3/c30-28(36)23-9-7-20(13-24(23)31-15-17-3-4-17)29(37)33-22-12-19-2-1-11-34(25(19)14-22)26-10-8-21(16-32-26)27(35)18-5-6-18/h7-10,13,16-19,22,25,31H,1-6,11-12,14-15H2,(H2,30,36)(H,33,37). The van der Waals surface area contributed by atoms with Crippen molar-refractivity contribution in [3.05, 3.63) is 53.2 Å². The van der Waals surface area contributed by atoms with Crippen LogP contribution in [0.3, 0.4) is 0 Å². The summed E-state index contributed by atoms with van der Waals surface area (Å²) in [4.78, 5) is 44.5. The SMILES string of the molecule is NC(=O)c1ccc(C(=O)NC2CC3CCCN(c4ccc(C(=O)C5CC5)cn4)C3C2)cc1NCC1CC1. The third-order valence-electron chi connectivity index (χ3n) is 8.47. The molecule has 37 heavy (non-hydrogen) atoms. The molecule has 0 radical (unpaired) electrons. The zero-order valence-electron chi connectivity index (χ0n) is 21.1. The van der Waals surface area contributed by atoms with E-state index in [2.05, 4.69) is 20.5 Å². The first-order chi connectivity index (χ1) is 18.0. The average molecular weight is 502 g/mol. The van der Waals surface area contributed by atoms with E-state index in [9.17, 15) is 14.4 Å². The molecule has 3 atom stereocenters. The molecule has 4 aliphatic rings. The number of primary amides is 1. The van der Waals surface area contributed by atoms with Gasteiger partial charge in [-0.15, -0.1) is 0 Å². The Balaban J connectivity index is 1.12. The summed E-state index contributed by atoms with van der Waals surface area (Å²) in [5, 5.41) is 6.56. The minimum atomic E-state index is -0.497. The molecule has 6 rings (SSSR count). The zero-order chi connectivity index (χ0) is 25.5. The fraction of sp³-hybridized carbons (Fsp3) is 0.517. The highest BCUT2D eigenvalue weighted by Gasteiger charge is 2.41. The van der Waals surface area contributed by atoms with Crippen LogP contribution in [0.1, 0.15) is 82.4 Å². The van der Waals surface area contributed by atoms with Crippen molar-refractivity contribution in [3.63, 3.8) is 0 Å². The highest BCUT2D eigenvalue weighted by molar-refractivity contribution is 6.02. The third-order valence-corrected chi connectivity index (χ3v) is 8.47. The molecule has 1 aromatic heterocycles. The van der Waals surface area contributed by atoms with Gasteiger partial charge in [-0.1, -0.05) is 0 Å². The van der Waals surface area contributed by atoms with E-state index < -0.39 is 5.91 Å². The summed E-state index contributed by atoms with van der Waals surface area (Å²) in [5.74, 6) is 1.85. The molecular formula is C29H35N5O3. The number of benzene rings is 1. The molecule has 3 saturated carbocycles. The number of carbonyl (C=O) groups is 3. The molecule has 8 heteroatoms. The van der Waals surface area contributed by atoms with Gasteiger partial charge < -0.3 is 21.3 Å². The summed E-state index contributed by atoms with van der Waals surface area (Å²) < 4.78 is 0. The van der Waals surface area contributed by atoms with E-state index in [1.54, 1.807) is 24.4 Å². The number of aromatic nitrogens is 1. The lowest BCUT2D eigenvalue weighted by atomic mass is 9.92. The summed E-state index contributed by atoms with van der Waals surface area (Å²) in [6, 6.07) is 9.39. The zero-order valence-corrected chi connectivity index (χ0v) is 21.1. The highest BCUT2D eigenvalue weighted by Crippen LogP contribution is 2.39. The number of rotatable bonds is 9. The average Bonchev–Trinajstić information content (AvgIpc) is 3.84. The van der Waals surface area contributed by atoms with Gasteiger partial charge in [0.1, 0.15) is 5.82 Å². The number of hydrogen-bond acceptors (Lipinski definition) is 6. The largest absolute Gasteiger partial charge is 0.384 e. The molecule has 0 spiro atoms. The lowest BCUT2D eigenvalue weighted by Gasteiger charge is -2.38. The Morgan fingerprint density at radius 3 is 2.51 bits per heavy atom.